The number of hydrogen-bond donors (Lipinski definition) is 3. The molecule has 1 fully saturated rings. The maximum Gasteiger partial charge on any atom is 0.328 e. The van der Waals surface area contributed by atoms with Gasteiger partial charge in [-0.25, -0.2) is 4.79 Å². The number of amides is 3. The van der Waals surface area contributed by atoms with Crippen LogP contribution in [0.15, 0.2) is 54.6 Å². The minimum atomic E-state index is -1.01. The fraction of sp³-hybridized carbons (Fsp3) is 0.304. The highest BCUT2D eigenvalue weighted by molar-refractivity contribution is 14.1. The minimum Gasteiger partial charge on any atom is -0.467 e. The van der Waals surface area contributed by atoms with Gasteiger partial charge in [-0.2, -0.15) is 0 Å². The lowest BCUT2D eigenvalue weighted by Gasteiger charge is -2.29. The number of halogens is 1. The van der Waals surface area contributed by atoms with Crippen LogP contribution in [0.4, 0.5) is 0 Å². The number of methoxy groups -OCH3 is 1. The van der Waals surface area contributed by atoms with E-state index in [0.29, 0.717) is 6.42 Å². The van der Waals surface area contributed by atoms with Crippen LogP contribution in [0.1, 0.15) is 17.5 Å². The van der Waals surface area contributed by atoms with Crippen LogP contribution >= 0.6 is 22.6 Å². The van der Waals surface area contributed by atoms with Gasteiger partial charge < -0.3 is 20.7 Å². The first kappa shape index (κ1) is 23.7. The molecule has 9 heteroatoms. The third-order valence-corrected chi connectivity index (χ3v) is 6.19. The zero-order valence-electron chi connectivity index (χ0n) is 17.5. The van der Waals surface area contributed by atoms with Crippen molar-refractivity contribution in [3.63, 3.8) is 0 Å². The van der Waals surface area contributed by atoms with Gasteiger partial charge in [0.15, 0.2) is 0 Å². The number of carbonyl (C=O) groups excluding carboxylic acids is 4. The van der Waals surface area contributed by atoms with E-state index in [2.05, 4.69) is 38.5 Å². The topological polar surface area (TPSA) is 114 Å². The van der Waals surface area contributed by atoms with Crippen molar-refractivity contribution in [2.24, 2.45) is 0 Å². The van der Waals surface area contributed by atoms with Crippen molar-refractivity contribution in [3.8, 4) is 0 Å². The average Bonchev–Trinajstić information content (AvgIpc) is 2.78. The summed E-state index contributed by atoms with van der Waals surface area (Å²) in [5.41, 5.74) is 1.80. The first-order valence-corrected chi connectivity index (χ1v) is 11.2. The van der Waals surface area contributed by atoms with Gasteiger partial charge in [-0.1, -0.05) is 48.5 Å². The summed E-state index contributed by atoms with van der Waals surface area (Å²) in [7, 11) is 1.25. The molecule has 1 aliphatic heterocycles. The number of rotatable bonds is 8. The minimum absolute atomic E-state index is 0.250. The van der Waals surface area contributed by atoms with E-state index in [1.165, 1.54) is 7.11 Å². The van der Waals surface area contributed by atoms with E-state index in [1.807, 2.05) is 54.6 Å². The smallest absolute Gasteiger partial charge is 0.328 e. The average molecular weight is 549 g/mol. The van der Waals surface area contributed by atoms with Gasteiger partial charge >= 0.3 is 5.97 Å². The van der Waals surface area contributed by atoms with Crippen LogP contribution in [0, 0.1) is 3.57 Å². The van der Waals surface area contributed by atoms with Gasteiger partial charge in [0, 0.05) is 16.4 Å². The van der Waals surface area contributed by atoms with Gasteiger partial charge in [0.2, 0.25) is 17.7 Å². The van der Waals surface area contributed by atoms with E-state index < -0.39 is 35.9 Å². The quantitative estimate of drug-likeness (QED) is 0.338. The number of benzene rings is 2. The van der Waals surface area contributed by atoms with Crippen LogP contribution in [0.25, 0.3) is 0 Å². The molecule has 3 amide bonds. The first-order chi connectivity index (χ1) is 15.4. The molecule has 0 bridgehead atoms. The standard InChI is InChI=1S/C23H24IN3O5/c1-32-23(31)19(12-15-9-5-6-10-16(15)24)25-20(28)13-18-22(30)26-17(21(29)27-18)11-14-7-3-2-4-8-14/h2-10,17-19H,11-13H2,1H3,(H,25,28)(H,26,30)(H,27,29)/t17-,18-,19+/m0/s1. The van der Waals surface area contributed by atoms with Crippen LogP contribution in [-0.4, -0.2) is 48.9 Å². The molecule has 0 unspecified atom stereocenters. The number of carbonyl (C=O) groups is 4. The molecule has 2 aromatic carbocycles. The Labute approximate surface area is 199 Å². The van der Waals surface area contributed by atoms with Gasteiger partial charge in [-0.05, 0) is 39.8 Å². The Morgan fingerprint density at radius 3 is 2.31 bits per heavy atom. The van der Waals surface area contributed by atoms with Crippen molar-refractivity contribution in [1.29, 1.82) is 0 Å². The zero-order chi connectivity index (χ0) is 23.1. The van der Waals surface area contributed by atoms with Gasteiger partial charge in [0.1, 0.15) is 18.1 Å². The normalized spacial score (nSPS) is 18.8. The van der Waals surface area contributed by atoms with E-state index in [-0.39, 0.29) is 18.7 Å². The van der Waals surface area contributed by atoms with Crippen molar-refractivity contribution in [2.75, 3.05) is 7.11 Å². The van der Waals surface area contributed by atoms with Crippen molar-refractivity contribution in [3.05, 3.63) is 69.3 Å². The second-order valence-corrected chi connectivity index (χ2v) is 8.62. The Morgan fingerprint density at radius 2 is 1.62 bits per heavy atom. The van der Waals surface area contributed by atoms with Gasteiger partial charge in [-0.3, -0.25) is 14.4 Å². The molecule has 32 heavy (non-hydrogen) atoms. The predicted molar refractivity (Wildman–Crippen MR) is 125 cm³/mol. The predicted octanol–water partition coefficient (Wildman–Crippen LogP) is 1.11. The van der Waals surface area contributed by atoms with Crippen LogP contribution in [0.2, 0.25) is 0 Å². The maximum atomic E-state index is 12.6. The van der Waals surface area contributed by atoms with Crippen molar-refractivity contribution >= 4 is 46.3 Å². The molecule has 0 saturated carbocycles. The Hall–Kier alpha value is -2.95. The highest BCUT2D eigenvalue weighted by Crippen LogP contribution is 2.14. The summed E-state index contributed by atoms with van der Waals surface area (Å²) in [6.07, 6.45) is 0.326. The zero-order valence-corrected chi connectivity index (χ0v) is 19.6. The Balaban J connectivity index is 1.59. The molecule has 0 aliphatic carbocycles. The Bertz CT molecular complexity index is 998. The lowest BCUT2D eigenvalue weighted by molar-refractivity contribution is -0.145. The van der Waals surface area contributed by atoms with Crippen LogP contribution in [0.5, 0.6) is 0 Å². The number of hydrogen-bond acceptors (Lipinski definition) is 5. The van der Waals surface area contributed by atoms with Crippen molar-refractivity contribution in [2.45, 2.75) is 37.4 Å². The molecule has 3 atom stereocenters. The van der Waals surface area contributed by atoms with Crippen LogP contribution in [0.3, 0.4) is 0 Å². The van der Waals surface area contributed by atoms with Crippen LogP contribution in [-0.2, 0) is 36.8 Å². The highest BCUT2D eigenvalue weighted by Gasteiger charge is 2.35. The molecule has 1 heterocycles. The number of nitrogens with one attached hydrogen (secondary N) is 3. The highest BCUT2D eigenvalue weighted by atomic mass is 127. The fourth-order valence-electron chi connectivity index (χ4n) is 3.47. The Kier molecular flexibility index (Phi) is 8.20. The third kappa shape index (κ3) is 6.28. The van der Waals surface area contributed by atoms with Gasteiger partial charge in [0.25, 0.3) is 0 Å². The summed E-state index contributed by atoms with van der Waals surface area (Å²) in [5.74, 6) is -1.91. The second-order valence-electron chi connectivity index (χ2n) is 7.45. The van der Waals surface area contributed by atoms with E-state index in [9.17, 15) is 19.2 Å². The monoisotopic (exact) mass is 549 g/mol. The third-order valence-electron chi connectivity index (χ3n) is 5.14. The van der Waals surface area contributed by atoms with Crippen molar-refractivity contribution < 1.29 is 23.9 Å². The van der Waals surface area contributed by atoms with Gasteiger partial charge in [0.05, 0.1) is 13.5 Å². The molecule has 3 N–H and O–H groups in total. The summed E-state index contributed by atoms with van der Waals surface area (Å²) >= 11 is 2.16. The van der Waals surface area contributed by atoms with E-state index in [4.69, 9.17) is 4.74 Å². The lowest BCUT2D eigenvalue weighted by atomic mass is 10.0. The summed E-state index contributed by atoms with van der Waals surface area (Å²) in [6, 6.07) is 14.2. The number of piperazine rings is 1. The number of ether oxygens (including phenoxy) is 1. The Morgan fingerprint density at radius 1 is 1.00 bits per heavy atom. The van der Waals surface area contributed by atoms with Gasteiger partial charge in [-0.15, -0.1) is 0 Å². The number of esters is 1. The molecule has 2 aromatic rings. The van der Waals surface area contributed by atoms with E-state index >= 15 is 0 Å². The maximum absolute atomic E-state index is 12.6. The summed E-state index contributed by atoms with van der Waals surface area (Å²) in [5, 5.41) is 7.92. The molecule has 0 aromatic heterocycles. The molecular weight excluding hydrogens is 525 g/mol. The van der Waals surface area contributed by atoms with Crippen LogP contribution < -0.4 is 16.0 Å². The summed E-state index contributed by atoms with van der Waals surface area (Å²) in [6.45, 7) is 0. The van der Waals surface area contributed by atoms with E-state index in [1.54, 1.807) is 0 Å². The summed E-state index contributed by atoms with van der Waals surface area (Å²) in [4.78, 5) is 49.7. The molecular formula is C23H24IN3O5. The summed E-state index contributed by atoms with van der Waals surface area (Å²) < 4.78 is 5.77. The first-order valence-electron chi connectivity index (χ1n) is 10.1. The molecule has 0 spiro atoms. The fourth-order valence-corrected chi connectivity index (χ4v) is 4.08. The molecule has 168 valence electrons. The largest absolute Gasteiger partial charge is 0.467 e. The molecule has 8 nitrogen and oxygen atoms in total. The SMILES string of the molecule is COC(=O)[C@@H](Cc1ccccc1I)NC(=O)C[C@@H]1NC(=O)[C@H](Cc2ccccc2)NC1=O. The van der Waals surface area contributed by atoms with Crippen molar-refractivity contribution in [1.82, 2.24) is 16.0 Å². The molecule has 3 rings (SSSR count). The molecule has 1 saturated heterocycles. The van der Waals surface area contributed by atoms with E-state index in [0.717, 1.165) is 14.7 Å². The lowest BCUT2D eigenvalue weighted by Crippen LogP contribution is -2.63. The molecule has 0 radical (unpaired) electrons. The molecule has 1 aliphatic rings. The second kappa shape index (κ2) is 11.1.